The van der Waals surface area contributed by atoms with Gasteiger partial charge in [-0.2, -0.15) is 0 Å². The molecule has 0 aliphatic carbocycles. The number of methoxy groups -OCH3 is 2. The average Bonchev–Trinajstić information content (AvgIpc) is 3.64. The van der Waals surface area contributed by atoms with Gasteiger partial charge in [0.1, 0.15) is 11.2 Å². The van der Waals surface area contributed by atoms with Crippen LogP contribution in [0.5, 0.6) is 0 Å². The van der Waals surface area contributed by atoms with Crippen molar-refractivity contribution < 1.29 is 38.0 Å². The Morgan fingerprint density at radius 3 is 2.15 bits per heavy atom. The second kappa shape index (κ2) is 11.5. The third-order valence-electron chi connectivity index (χ3n) is 10.3. The molecule has 4 aliphatic rings. The Kier molecular flexibility index (Phi) is 8.97. The lowest BCUT2D eigenvalue weighted by Gasteiger charge is -2.47. The van der Waals surface area contributed by atoms with Crippen LogP contribution < -0.4 is 0 Å². The zero-order valence-corrected chi connectivity index (χ0v) is 25.6. The molecular weight excluding hydrogens is 512 g/mol. The Morgan fingerprint density at radius 2 is 1.57 bits per heavy atom. The highest BCUT2D eigenvalue weighted by Gasteiger charge is 2.64. The Morgan fingerprint density at radius 1 is 0.950 bits per heavy atom. The normalized spacial score (nSPS) is 35.9. The summed E-state index contributed by atoms with van der Waals surface area (Å²) < 4.78 is 36.9. The van der Waals surface area contributed by atoms with Gasteiger partial charge in [0.25, 0.3) is 0 Å². The molecule has 0 aromatic carbocycles. The van der Waals surface area contributed by atoms with Gasteiger partial charge in [0.05, 0.1) is 36.6 Å². The number of ether oxygens (including phenoxy) is 6. The molecule has 8 heteroatoms. The van der Waals surface area contributed by atoms with Crippen LogP contribution in [0.25, 0.3) is 0 Å². The van der Waals surface area contributed by atoms with E-state index in [1.807, 2.05) is 13.8 Å². The Labute approximate surface area is 240 Å². The van der Waals surface area contributed by atoms with Crippen molar-refractivity contribution in [3.63, 3.8) is 0 Å². The van der Waals surface area contributed by atoms with Crippen molar-refractivity contribution in [3.05, 3.63) is 24.3 Å². The smallest absolute Gasteiger partial charge is 0.333 e. The minimum absolute atomic E-state index is 0.0399. The van der Waals surface area contributed by atoms with Gasteiger partial charge in [-0.1, -0.05) is 20.1 Å². The Balaban J connectivity index is 1.56. The lowest BCUT2D eigenvalue weighted by atomic mass is 9.64. The Bertz CT molecular complexity index is 1000. The molecule has 0 radical (unpaired) electrons. The first-order valence-electron chi connectivity index (χ1n) is 14.9. The van der Waals surface area contributed by atoms with Gasteiger partial charge >= 0.3 is 11.9 Å². The van der Waals surface area contributed by atoms with E-state index in [0.717, 1.165) is 38.5 Å². The first-order valence-corrected chi connectivity index (χ1v) is 14.9. The molecular formula is C32H50O8. The molecule has 8 atom stereocenters. The number of carbonyl (C=O) groups excluding carboxylic acids is 2. The monoisotopic (exact) mass is 562 g/mol. The maximum Gasteiger partial charge on any atom is 0.333 e. The molecule has 0 saturated carbocycles. The van der Waals surface area contributed by atoms with Crippen LogP contribution >= 0.6 is 0 Å². The van der Waals surface area contributed by atoms with Gasteiger partial charge in [0, 0.05) is 37.2 Å². The summed E-state index contributed by atoms with van der Waals surface area (Å²) in [7, 11) is 3.41. The highest BCUT2D eigenvalue weighted by Crippen LogP contribution is 2.59. The van der Waals surface area contributed by atoms with Gasteiger partial charge in [-0.05, 0) is 85.0 Å². The molecule has 40 heavy (non-hydrogen) atoms. The van der Waals surface area contributed by atoms with Crippen LogP contribution in [0.15, 0.2) is 24.3 Å². The first-order chi connectivity index (χ1) is 18.8. The second-order valence-electron chi connectivity index (χ2n) is 13.4. The van der Waals surface area contributed by atoms with E-state index in [-0.39, 0.29) is 41.9 Å². The summed E-state index contributed by atoms with van der Waals surface area (Å²) in [6.45, 7) is 17.9. The minimum Gasteiger partial charge on any atom is -0.456 e. The summed E-state index contributed by atoms with van der Waals surface area (Å²) in [4.78, 5) is 25.4. The van der Waals surface area contributed by atoms with Crippen molar-refractivity contribution in [2.24, 2.45) is 17.8 Å². The average molecular weight is 563 g/mol. The maximum absolute atomic E-state index is 13.0. The molecule has 4 fully saturated rings. The minimum atomic E-state index is -0.699. The van der Waals surface area contributed by atoms with Gasteiger partial charge in [0.15, 0.2) is 0 Å². The van der Waals surface area contributed by atoms with Crippen LogP contribution in [0.1, 0.15) is 86.0 Å². The summed E-state index contributed by atoms with van der Waals surface area (Å²) in [5.41, 5.74) is -1.53. The lowest BCUT2D eigenvalue weighted by Crippen LogP contribution is -2.54. The molecule has 0 aromatic rings. The summed E-state index contributed by atoms with van der Waals surface area (Å²) in [5, 5.41) is 0. The van der Waals surface area contributed by atoms with Crippen LogP contribution in [0.3, 0.4) is 0 Å². The number of rotatable bonds is 14. The van der Waals surface area contributed by atoms with Crippen molar-refractivity contribution in [2.45, 2.75) is 121 Å². The van der Waals surface area contributed by atoms with Crippen LogP contribution in [0, 0.1) is 17.8 Å². The fourth-order valence-corrected chi connectivity index (χ4v) is 8.22. The number of esters is 2. The molecule has 8 unspecified atom stereocenters. The van der Waals surface area contributed by atoms with Crippen LogP contribution in [0.4, 0.5) is 0 Å². The highest BCUT2D eigenvalue weighted by molar-refractivity contribution is 5.87. The van der Waals surface area contributed by atoms with E-state index < -0.39 is 22.4 Å². The zero-order chi connectivity index (χ0) is 29.5. The van der Waals surface area contributed by atoms with E-state index in [0.29, 0.717) is 37.2 Å². The summed E-state index contributed by atoms with van der Waals surface area (Å²) in [5.74, 6) is -0.431. The molecule has 4 rings (SSSR count). The fourth-order valence-electron chi connectivity index (χ4n) is 8.22. The third kappa shape index (κ3) is 5.53. The molecule has 0 aromatic heterocycles. The largest absolute Gasteiger partial charge is 0.456 e. The first kappa shape index (κ1) is 31.2. The van der Waals surface area contributed by atoms with Crippen molar-refractivity contribution in [1.82, 2.24) is 0 Å². The zero-order valence-electron chi connectivity index (χ0n) is 25.6. The van der Waals surface area contributed by atoms with Gasteiger partial charge in [0.2, 0.25) is 0 Å². The molecule has 4 bridgehead atoms. The van der Waals surface area contributed by atoms with E-state index in [1.54, 1.807) is 28.1 Å². The van der Waals surface area contributed by atoms with E-state index in [9.17, 15) is 9.59 Å². The van der Waals surface area contributed by atoms with Gasteiger partial charge in [-0.3, -0.25) is 0 Å². The molecule has 0 N–H and O–H groups in total. The van der Waals surface area contributed by atoms with E-state index >= 15 is 0 Å². The molecule has 4 aliphatic heterocycles. The Hall–Kier alpha value is -1.74. The predicted molar refractivity (Wildman–Crippen MR) is 151 cm³/mol. The van der Waals surface area contributed by atoms with Crippen molar-refractivity contribution in [3.8, 4) is 0 Å². The van der Waals surface area contributed by atoms with Crippen molar-refractivity contribution in [1.29, 1.82) is 0 Å². The quantitative estimate of drug-likeness (QED) is 0.207. The fraction of sp³-hybridized carbons (Fsp3) is 0.812. The number of hydrogen-bond donors (Lipinski definition) is 0. The maximum atomic E-state index is 13.0. The number of carbonyl (C=O) groups is 2. The second-order valence-corrected chi connectivity index (χ2v) is 13.4. The van der Waals surface area contributed by atoms with Crippen LogP contribution in [-0.4, -0.2) is 74.0 Å². The molecule has 226 valence electrons. The lowest BCUT2D eigenvalue weighted by molar-refractivity contribution is -0.179. The van der Waals surface area contributed by atoms with Gasteiger partial charge in [-0.25, -0.2) is 9.59 Å². The van der Waals surface area contributed by atoms with Gasteiger partial charge < -0.3 is 28.4 Å². The molecule has 4 heterocycles. The summed E-state index contributed by atoms with van der Waals surface area (Å²) >= 11 is 0. The molecule has 0 spiro atoms. The SMILES string of the molecule is C=C(C)C(=O)OC(C)(C)C1CC2(COC)OC1CC2CCC(CC)(OC(=O)C(=C)C)C1CC2CCC1(COC)O2. The van der Waals surface area contributed by atoms with Crippen molar-refractivity contribution in [2.75, 3.05) is 27.4 Å². The predicted octanol–water partition coefficient (Wildman–Crippen LogP) is 5.33. The number of fused-ring (bicyclic) bond motifs is 4. The third-order valence-corrected chi connectivity index (χ3v) is 10.3. The standard InChI is InChI=1S/C32H50O8/c1-10-30(40-28(34)21(4)5,26-16-23-12-14-31(26,37-23)18-35-8)13-11-22-15-25-24(17-32(22,38-25)19-36-9)29(6,7)39-27(33)20(2)3/h22-26H,2,4,10-19H2,1,3,5-9H3. The van der Waals surface area contributed by atoms with Gasteiger partial charge in [-0.15, -0.1) is 0 Å². The topological polar surface area (TPSA) is 89.5 Å². The van der Waals surface area contributed by atoms with Crippen LogP contribution in [0.2, 0.25) is 0 Å². The molecule has 0 amide bonds. The van der Waals surface area contributed by atoms with E-state index in [1.165, 1.54) is 0 Å². The van der Waals surface area contributed by atoms with Crippen molar-refractivity contribution >= 4 is 11.9 Å². The van der Waals surface area contributed by atoms with E-state index in [2.05, 4.69) is 20.1 Å². The highest BCUT2D eigenvalue weighted by atomic mass is 16.6. The summed E-state index contributed by atoms with van der Waals surface area (Å²) in [6, 6.07) is 0. The van der Waals surface area contributed by atoms with Crippen LogP contribution in [-0.2, 0) is 38.0 Å². The number of hydrogen-bond acceptors (Lipinski definition) is 8. The summed E-state index contributed by atoms with van der Waals surface area (Å²) in [6.07, 6.45) is 6.67. The molecule has 8 nitrogen and oxygen atoms in total. The molecule has 4 saturated heterocycles. The van der Waals surface area contributed by atoms with E-state index in [4.69, 9.17) is 28.4 Å².